The average molecular weight is 399 g/mol. The van der Waals surface area contributed by atoms with Crippen molar-refractivity contribution < 1.29 is 24.8 Å². The van der Waals surface area contributed by atoms with Crippen LogP contribution in [-0.4, -0.2) is 33.0 Å². The minimum Gasteiger partial charge on any atom is -0.507 e. The van der Waals surface area contributed by atoms with Gasteiger partial charge in [-0.25, -0.2) is 0 Å². The highest BCUT2D eigenvalue weighted by atomic mass is 16.4. The number of fused-ring (bicyclic) bond motifs is 1. The zero-order valence-electron chi connectivity index (χ0n) is 16.4. The molecule has 0 aliphatic heterocycles. The summed E-state index contributed by atoms with van der Waals surface area (Å²) < 4.78 is 5.74. The molecule has 0 bridgehead atoms. The fraction of sp³-hybridized carbons (Fsp3) is 0.318. The zero-order valence-corrected chi connectivity index (χ0v) is 16.4. The van der Waals surface area contributed by atoms with Crippen molar-refractivity contribution in [3.8, 4) is 34.3 Å². The molecule has 0 radical (unpaired) electrons. The highest BCUT2D eigenvalue weighted by Gasteiger charge is 2.20. The number of nitrogens with one attached hydrogen (secondary N) is 1. The topological polar surface area (TPSA) is 123 Å². The van der Waals surface area contributed by atoms with E-state index in [4.69, 9.17) is 4.42 Å². The van der Waals surface area contributed by atoms with Crippen LogP contribution < -0.4 is 10.7 Å². The van der Waals surface area contributed by atoms with Crippen LogP contribution in [0.25, 0.3) is 22.3 Å². The molecule has 0 saturated heterocycles. The summed E-state index contributed by atoms with van der Waals surface area (Å²) in [6.07, 6.45) is 2.72. The van der Waals surface area contributed by atoms with E-state index in [1.54, 1.807) is 12.1 Å². The molecule has 0 aliphatic carbocycles. The van der Waals surface area contributed by atoms with Crippen molar-refractivity contribution in [2.45, 2.75) is 39.2 Å². The second-order valence-electron chi connectivity index (χ2n) is 7.00. The van der Waals surface area contributed by atoms with Crippen molar-refractivity contribution in [3.63, 3.8) is 0 Å². The van der Waals surface area contributed by atoms with Gasteiger partial charge in [-0.05, 0) is 49.6 Å². The maximum Gasteiger partial charge on any atom is 0.235 e. The van der Waals surface area contributed by atoms with Crippen molar-refractivity contribution in [1.29, 1.82) is 0 Å². The van der Waals surface area contributed by atoms with Gasteiger partial charge in [-0.2, -0.15) is 0 Å². The quantitative estimate of drug-likeness (QED) is 0.304. The maximum atomic E-state index is 12.6. The smallest absolute Gasteiger partial charge is 0.235 e. The largest absolute Gasteiger partial charge is 0.507 e. The summed E-state index contributed by atoms with van der Waals surface area (Å²) in [6.45, 7) is 5.09. The normalized spacial score (nSPS) is 12.3. The Hall–Kier alpha value is -3.19. The fourth-order valence-corrected chi connectivity index (χ4v) is 3.39. The maximum absolute atomic E-state index is 12.6. The molecule has 7 nitrogen and oxygen atoms in total. The van der Waals surface area contributed by atoms with Gasteiger partial charge in [-0.3, -0.25) is 4.79 Å². The van der Waals surface area contributed by atoms with Gasteiger partial charge >= 0.3 is 0 Å². The van der Waals surface area contributed by atoms with Gasteiger partial charge in [0.1, 0.15) is 11.3 Å². The molecule has 0 fully saturated rings. The van der Waals surface area contributed by atoms with Crippen LogP contribution >= 0.6 is 0 Å². The molecule has 0 saturated carbocycles. The van der Waals surface area contributed by atoms with E-state index < -0.39 is 28.4 Å². The third-order valence-electron chi connectivity index (χ3n) is 5.04. The number of aromatic hydroxyl groups is 4. The van der Waals surface area contributed by atoms with Gasteiger partial charge in [0.2, 0.25) is 11.2 Å². The molecule has 3 rings (SSSR count). The van der Waals surface area contributed by atoms with Crippen LogP contribution in [0.3, 0.4) is 0 Å². The number of phenols is 3. The minimum absolute atomic E-state index is 0.0969. The SMILES string of the molecule is CCNC(CC)CCc1ccc2c(=O)c(O)c(-c3cc(O)c(O)cc3O)oc2c1. The number of rotatable bonds is 7. The van der Waals surface area contributed by atoms with Gasteiger partial charge in [-0.15, -0.1) is 0 Å². The van der Waals surface area contributed by atoms with Crippen LogP contribution in [0.2, 0.25) is 0 Å². The third-order valence-corrected chi connectivity index (χ3v) is 5.04. The number of phenolic OH excluding ortho intramolecular Hbond substituents is 3. The van der Waals surface area contributed by atoms with Crippen LogP contribution in [0.1, 0.15) is 32.3 Å². The zero-order chi connectivity index (χ0) is 21.1. The number of benzene rings is 2. The standard InChI is InChI=1S/C22H25NO6/c1-3-13(23-4-2)7-5-12-6-8-14-19(9-12)29-22(21(28)20(14)27)15-10-17(25)18(26)11-16(15)24/h6,8-11,13,23-26,28H,3-5,7H2,1-2H3. The van der Waals surface area contributed by atoms with Crippen molar-refractivity contribution >= 4 is 11.0 Å². The van der Waals surface area contributed by atoms with Gasteiger partial charge < -0.3 is 30.2 Å². The Labute approximate surface area is 167 Å². The predicted octanol–water partition coefficient (Wildman–Crippen LogP) is 3.60. The fourth-order valence-electron chi connectivity index (χ4n) is 3.39. The van der Waals surface area contributed by atoms with Crippen molar-refractivity contribution in [2.75, 3.05) is 6.54 Å². The second-order valence-corrected chi connectivity index (χ2v) is 7.00. The summed E-state index contributed by atoms with van der Waals surface area (Å²) in [6, 6.07) is 7.53. The Balaban J connectivity index is 2.04. The van der Waals surface area contributed by atoms with Gasteiger partial charge in [0, 0.05) is 12.1 Å². The summed E-state index contributed by atoms with van der Waals surface area (Å²) in [7, 11) is 0. The number of hydrogen-bond donors (Lipinski definition) is 5. The summed E-state index contributed by atoms with van der Waals surface area (Å²) in [5.74, 6) is -2.42. The Morgan fingerprint density at radius 2 is 1.72 bits per heavy atom. The summed E-state index contributed by atoms with van der Waals surface area (Å²) in [5.41, 5.74) is 0.509. The Morgan fingerprint density at radius 3 is 2.41 bits per heavy atom. The lowest BCUT2D eigenvalue weighted by atomic mass is 10.0. The van der Waals surface area contributed by atoms with Crippen LogP contribution in [0.4, 0.5) is 0 Å². The first-order chi connectivity index (χ1) is 13.8. The van der Waals surface area contributed by atoms with Crippen molar-refractivity contribution in [2.24, 2.45) is 0 Å². The third kappa shape index (κ3) is 4.14. The Kier molecular flexibility index (Phi) is 5.98. The van der Waals surface area contributed by atoms with Gasteiger partial charge in [-0.1, -0.05) is 19.9 Å². The van der Waals surface area contributed by atoms with Crippen LogP contribution in [-0.2, 0) is 6.42 Å². The second kappa shape index (κ2) is 8.45. The van der Waals surface area contributed by atoms with Crippen molar-refractivity contribution in [3.05, 3.63) is 46.1 Å². The van der Waals surface area contributed by atoms with E-state index in [0.717, 1.165) is 43.5 Å². The molecule has 0 amide bonds. The highest BCUT2D eigenvalue weighted by molar-refractivity contribution is 5.84. The highest BCUT2D eigenvalue weighted by Crippen LogP contribution is 2.41. The Bertz CT molecular complexity index is 1090. The monoisotopic (exact) mass is 399 g/mol. The molecule has 0 spiro atoms. The first-order valence-electron chi connectivity index (χ1n) is 9.63. The molecular weight excluding hydrogens is 374 g/mol. The predicted molar refractivity (Wildman–Crippen MR) is 111 cm³/mol. The molecule has 7 heteroatoms. The van der Waals surface area contributed by atoms with Crippen LogP contribution in [0.5, 0.6) is 23.0 Å². The molecule has 29 heavy (non-hydrogen) atoms. The van der Waals surface area contributed by atoms with Gasteiger partial charge in [0.05, 0.1) is 10.9 Å². The van der Waals surface area contributed by atoms with E-state index in [1.807, 2.05) is 6.07 Å². The summed E-state index contributed by atoms with van der Waals surface area (Å²) in [5, 5.41) is 43.2. The molecule has 154 valence electrons. The van der Waals surface area contributed by atoms with Gasteiger partial charge in [0.25, 0.3) is 0 Å². The molecule has 1 unspecified atom stereocenters. The summed E-state index contributed by atoms with van der Waals surface area (Å²) >= 11 is 0. The molecule has 1 atom stereocenters. The lowest BCUT2D eigenvalue weighted by Gasteiger charge is -2.15. The van der Waals surface area contributed by atoms with Crippen LogP contribution in [0, 0.1) is 0 Å². The summed E-state index contributed by atoms with van der Waals surface area (Å²) in [4.78, 5) is 12.6. The average Bonchev–Trinajstić information content (AvgIpc) is 2.70. The van der Waals surface area contributed by atoms with E-state index >= 15 is 0 Å². The lowest BCUT2D eigenvalue weighted by Crippen LogP contribution is -2.28. The van der Waals surface area contributed by atoms with E-state index in [2.05, 4.69) is 19.2 Å². The van der Waals surface area contributed by atoms with E-state index in [1.165, 1.54) is 0 Å². The molecule has 1 heterocycles. The first kappa shape index (κ1) is 20.5. The molecule has 3 aromatic rings. The number of hydrogen-bond acceptors (Lipinski definition) is 7. The Morgan fingerprint density at radius 1 is 1.00 bits per heavy atom. The van der Waals surface area contributed by atoms with Crippen LogP contribution in [0.15, 0.2) is 39.5 Å². The van der Waals surface area contributed by atoms with E-state index in [0.29, 0.717) is 6.04 Å². The van der Waals surface area contributed by atoms with E-state index in [9.17, 15) is 25.2 Å². The van der Waals surface area contributed by atoms with Gasteiger partial charge in [0.15, 0.2) is 17.3 Å². The molecule has 1 aromatic heterocycles. The number of aryl methyl sites for hydroxylation is 1. The first-order valence-corrected chi connectivity index (χ1v) is 9.63. The molecule has 2 aromatic carbocycles. The lowest BCUT2D eigenvalue weighted by molar-refractivity contribution is 0.395. The van der Waals surface area contributed by atoms with Crippen molar-refractivity contribution in [1.82, 2.24) is 5.32 Å². The minimum atomic E-state index is -0.677. The molecule has 5 N–H and O–H groups in total. The molecule has 0 aliphatic rings. The van der Waals surface area contributed by atoms with E-state index in [-0.39, 0.29) is 22.3 Å². The molecular formula is C22H25NO6.